The van der Waals surface area contributed by atoms with E-state index in [1.54, 1.807) is 48.8 Å². The molecule has 91 heavy (non-hydrogen) atoms. The third-order valence-corrected chi connectivity index (χ3v) is 14.2. The van der Waals surface area contributed by atoms with Gasteiger partial charge in [0.2, 0.25) is 0 Å². The molecule has 5 aromatic heterocycles. The summed E-state index contributed by atoms with van der Waals surface area (Å²) in [6.45, 7) is 0.832. The topological polar surface area (TPSA) is 191 Å². The molecule has 1 saturated heterocycles. The van der Waals surface area contributed by atoms with Gasteiger partial charge in [0.1, 0.15) is 65.7 Å². The van der Waals surface area contributed by atoms with Gasteiger partial charge < -0.3 is 25.5 Å². The van der Waals surface area contributed by atoms with Gasteiger partial charge in [0.25, 0.3) is 0 Å². The molecule has 0 saturated carbocycles. The normalized spacial score (nSPS) is 13.9. The van der Waals surface area contributed by atoms with Crippen LogP contribution in [0.1, 0.15) is 74.4 Å². The quantitative estimate of drug-likeness (QED) is 0.0470. The lowest BCUT2D eigenvalue weighted by molar-refractivity contribution is -0.207. The Morgan fingerprint density at radius 3 is 1.44 bits per heavy atom. The van der Waals surface area contributed by atoms with E-state index in [9.17, 15) is 22.7 Å². The summed E-state index contributed by atoms with van der Waals surface area (Å²) >= 11 is 0. The highest BCUT2D eigenvalue weighted by molar-refractivity contribution is 5.46. The first kappa shape index (κ1) is 64.6. The number of hydrogen-bond acceptors (Lipinski definition) is 12. The van der Waals surface area contributed by atoms with Crippen molar-refractivity contribution in [2.24, 2.45) is 0 Å². The first-order valence-corrected chi connectivity index (χ1v) is 27.3. The van der Waals surface area contributed by atoms with Crippen molar-refractivity contribution in [3.63, 3.8) is 0 Å². The molecule has 0 aliphatic carbocycles. The zero-order valence-electron chi connectivity index (χ0n) is 47.3. The predicted octanol–water partition coefficient (Wildman–Crippen LogP) is 12.6. The third-order valence-electron chi connectivity index (χ3n) is 14.2. The van der Waals surface area contributed by atoms with Crippen molar-refractivity contribution in [1.82, 2.24) is 55.9 Å². The monoisotopic (exact) mass is 1240 g/mol. The maximum atomic E-state index is 15.9. The number of alkyl halides is 4. The molecule has 2 atom stereocenters. The van der Waals surface area contributed by atoms with Gasteiger partial charge in [-0.3, -0.25) is 19.3 Å². The Kier molecular flexibility index (Phi) is 20.0. The van der Waals surface area contributed by atoms with E-state index in [4.69, 9.17) is 14.2 Å². The van der Waals surface area contributed by atoms with Crippen LogP contribution in [0, 0.1) is 47.0 Å². The summed E-state index contributed by atoms with van der Waals surface area (Å²) < 4.78 is 140. The molecule has 6 heterocycles. The number of aromatic nitrogens is 10. The Balaban J connectivity index is 0.000000212. The van der Waals surface area contributed by atoms with Gasteiger partial charge in [0, 0.05) is 82.7 Å². The third kappa shape index (κ3) is 15.2. The standard InChI is InChI=1S/C34H25F4N7O2.C33H23F4N3O2.CH4.H3N/c35-28-11-14-30(31(36)18-28)33(46,22-45-23-40-42-43-45)34(37,38)32-15-10-25(19-39-32)3-2-24-8-12-29(13-9-24)47-21-27-6-4-26(5-7-27)20-44-17-1-16-41-44;34-27-11-14-29(30(35)18-27)32(22-42-32)33(36,37)31-15-10-24(19-38-31)3-2-23-8-12-28(13-9-23)41-21-26-6-4-25(5-7-26)20-40-17-1-16-39-40;;/h1,4-19,23,46H,20-22H2;1,4-19H,20-22H2;1H4;1H3. The molecule has 15 nitrogen and oxygen atoms in total. The highest BCUT2D eigenvalue weighted by atomic mass is 19.3. The van der Waals surface area contributed by atoms with E-state index in [1.807, 2.05) is 94.6 Å². The Hall–Kier alpha value is -10.9. The molecule has 0 radical (unpaired) electrons. The Morgan fingerprint density at radius 2 is 1.01 bits per heavy atom. The summed E-state index contributed by atoms with van der Waals surface area (Å²) in [6, 6.07) is 43.5. The van der Waals surface area contributed by atoms with Crippen LogP contribution in [0.25, 0.3) is 0 Å². The number of benzene rings is 6. The Bertz CT molecular complexity index is 4290. The highest BCUT2D eigenvalue weighted by Gasteiger charge is 2.68. The van der Waals surface area contributed by atoms with Crippen molar-refractivity contribution in [3.05, 3.63) is 304 Å². The van der Waals surface area contributed by atoms with Gasteiger partial charge >= 0.3 is 11.8 Å². The van der Waals surface area contributed by atoms with Gasteiger partial charge in [-0.15, -0.1) is 5.10 Å². The van der Waals surface area contributed by atoms with Crippen molar-refractivity contribution in [1.29, 1.82) is 0 Å². The molecule has 2 unspecified atom stereocenters. The molecule has 1 fully saturated rings. The molecule has 23 heteroatoms. The second kappa shape index (κ2) is 28.1. The van der Waals surface area contributed by atoms with Crippen LogP contribution in [0.4, 0.5) is 35.1 Å². The fourth-order valence-corrected chi connectivity index (χ4v) is 9.32. The minimum absolute atomic E-state index is 0. The van der Waals surface area contributed by atoms with Gasteiger partial charge in [-0.2, -0.15) is 27.8 Å². The van der Waals surface area contributed by atoms with Gasteiger partial charge in [-0.05, 0) is 142 Å². The van der Waals surface area contributed by atoms with Gasteiger partial charge in [-0.1, -0.05) is 79.6 Å². The minimum Gasteiger partial charge on any atom is -0.489 e. The average molecular weight is 1240 g/mol. The number of ether oxygens (including phenoxy) is 3. The lowest BCUT2D eigenvalue weighted by atomic mass is 9.84. The summed E-state index contributed by atoms with van der Waals surface area (Å²) in [4.78, 5) is 7.71. The molecule has 6 aromatic carbocycles. The fourth-order valence-electron chi connectivity index (χ4n) is 9.32. The number of rotatable bonds is 18. The van der Waals surface area contributed by atoms with Crippen molar-refractivity contribution < 1.29 is 54.4 Å². The summed E-state index contributed by atoms with van der Waals surface area (Å²) in [6.07, 6.45) is 10.6. The zero-order chi connectivity index (χ0) is 62.0. The number of epoxide rings is 1. The minimum atomic E-state index is -4.16. The van der Waals surface area contributed by atoms with Gasteiger partial charge in [0.15, 0.2) is 11.2 Å². The average Bonchev–Trinajstić information content (AvgIpc) is 1.64. The number of nitrogens with zero attached hydrogens (tertiary/aromatic N) is 10. The number of tetrazole rings is 1. The molecule has 1 aliphatic rings. The van der Waals surface area contributed by atoms with Crippen molar-refractivity contribution in [2.75, 3.05) is 6.61 Å². The van der Waals surface area contributed by atoms with E-state index < -0.39 is 82.0 Å². The molecule has 462 valence electrons. The first-order valence-electron chi connectivity index (χ1n) is 27.3. The van der Waals surface area contributed by atoms with Crippen LogP contribution < -0.4 is 15.6 Å². The fraction of sp³-hybridized carbons (Fsp3) is 0.162. The van der Waals surface area contributed by atoms with Crippen LogP contribution in [-0.4, -0.2) is 61.4 Å². The van der Waals surface area contributed by atoms with Gasteiger partial charge in [-0.25, -0.2) is 22.2 Å². The molecule has 0 spiro atoms. The molecule has 4 N–H and O–H groups in total. The van der Waals surface area contributed by atoms with Crippen LogP contribution in [0.3, 0.4) is 0 Å². The predicted molar refractivity (Wildman–Crippen MR) is 319 cm³/mol. The lowest BCUT2D eigenvalue weighted by Crippen LogP contribution is -2.48. The van der Waals surface area contributed by atoms with Crippen molar-refractivity contribution in [2.45, 2.75) is 63.3 Å². The van der Waals surface area contributed by atoms with E-state index in [1.165, 1.54) is 18.3 Å². The maximum Gasteiger partial charge on any atom is 0.324 e. The second-order valence-electron chi connectivity index (χ2n) is 20.4. The van der Waals surface area contributed by atoms with Crippen LogP contribution in [0.15, 0.2) is 213 Å². The molecular formula is C68H55F8N11O4. The van der Waals surface area contributed by atoms with Crippen molar-refractivity contribution in [3.8, 4) is 35.2 Å². The lowest BCUT2D eigenvalue weighted by Gasteiger charge is -2.35. The smallest absolute Gasteiger partial charge is 0.324 e. The van der Waals surface area contributed by atoms with Crippen LogP contribution in [0.5, 0.6) is 11.5 Å². The molecule has 11 aromatic rings. The maximum absolute atomic E-state index is 15.9. The molecule has 0 amide bonds. The number of halogens is 8. The number of hydrogen-bond donors (Lipinski definition) is 2. The van der Waals surface area contributed by atoms with Crippen LogP contribution in [0.2, 0.25) is 0 Å². The molecule has 0 bridgehead atoms. The van der Waals surface area contributed by atoms with Crippen molar-refractivity contribution >= 4 is 0 Å². The molecular weight excluding hydrogens is 1190 g/mol. The van der Waals surface area contributed by atoms with E-state index in [-0.39, 0.29) is 13.6 Å². The zero-order valence-corrected chi connectivity index (χ0v) is 47.3. The number of pyridine rings is 2. The largest absolute Gasteiger partial charge is 0.489 e. The Morgan fingerprint density at radius 1 is 0.549 bits per heavy atom. The van der Waals surface area contributed by atoms with Crippen LogP contribution >= 0.6 is 0 Å². The second-order valence-corrected chi connectivity index (χ2v) is 20.4. The van der Waals surface area contributed by atoms with E-state index in [2.05, 4.69) is 59.4 Å². The number of aliphatic hydroxyl groups is 1. The highest BCUT2D eigenvalue weighted by Crippen LogP contribution is 2.56. The summed E-state index contributed by atoms with van der Waals surface area (Å²) in [7, 11) is 0. The first-order chi connectivity index (χ1) is 43.0. The molecule has 1 aliphatic heterocycles. The summed E-state index contributed by atoms with van der Waals surface area (Å²) in [5, 5.41) is 30.0. The Labute approximate surface area is 517 Å². The van der Waals surface area contributed by atoms with E-state index >= 15 is 17.6 Å². The SMILES string of the molecule is C.Fc1ccc(C2(C(F)(F)c3ccc(C#Cc4ccc(OCc5ccc(Cn6cccn6)cc5)cc4)cn3)CO2)c(F)c1.N.OC(Cn1cnnn1)(c1ccc(F)cc1F)C(F)(F)c1ccc(C#Cc2ccc(OCc3ccc(Cn4cccn4)cc3)cc2)cn1. The van der Waals surface area contributed by atoms with E-state index in [0.29, 0.717) is 72.2 Å². The summed E-state index contributed by atoms with van der Waals surface area (Å²) in [5.74, 6) is 0.892. The van der Waals surface area contributed by atoms with E-state index in [0.717, 1.165) is 75.9 Å². The van der Waals surface area contributed by atoms with Crippen LogP contribution in [-0.2, 0) is 60.6 Å². The summed E-state index contributed by atoms with van der Waals surface area (Å²) in [5.41, 5.74) is -1.76. The van der Waals surface area contributed by atoms with Gasteiger partial charge in [0.05, 0.1) is 26.2 Å². The molecule has 12 rings (SSSR count).